The van der Waals surface area contributed by atoms with Gasteiger partial charge in [-0.25, -0.2) is 4.79 Å². The summed E-state index contributed by atoms with van der Waals surface area (Å²) >= 11 is 6.09. The molecule has 0 radical (unpaired) electrons. The summed E-state index contributed by atoms with van der Waals surface area (Å²) in [5.74, 6) is 0.159. The molecule has 2 amide bonds. The maximum atomic E-state index is 12.8. The van der Waals surface area contributed by atoms with Gasteiger partial charge in [0.1, 0.15) is 10.6 Å². The van der Waals surface area contributed by atoms with Crippen LogP contribution in [0, 0.1) is 6.92 Å². The highest BCUT2D eigenvalue weighted by molar-refractivity contribution is 7.87. The SMILES string of the molecule is Cc1cccc(Cl)c1S(=O)(=O)Oc1cccc(CN(C(=O)NC(C)(C)C)C(C)C)c1. The van der Waals surface area contributed by atoms with Gasteiger partial charge in [0.15, 0.2) is 0 Å². The summed E-state index contributed by atoms with van der Waals surface area (Å²) < 4.78 is 30.9. The normalized spacial score (nSPS) is 12.0. The molecule has 2 aromatic rings. The van der Waals surface area contributed by atoms with E-state index in [1.807, 2.05) is 40.7 Å². The molecule has 0 atom stereocenters. The third-order valence-electron chi connectivity index (χ3n) is 4.24. The van der Waals surface area contributed by atoms with Crippen LogP contribution in [0.4, 0.5) is 4.79 Å². The molecule has 1 N–H and O–H groups in total. The highest BCUT2D eigenvalue weighted by Crippen LogP contribution is 2.28. The van der Waals surface area contributed by atoms with E-state index in [1.54, 1.807) is 42.2 Å². The molecule has 2 aromatic carbocycles. The van der Waals surface area contributed by atoms with Crippen molar-refractivity contribution in [3.63, 3.8) is 0 Å². The fourth-order valence-corrected chi connectivity index (χ4v) is 4.59. The summed E-state index contributed by atoms with van der Waals surface area (Å²) in [5.41, 5.74) is 0.885. The van der Waals surface area contributed by atoms with E-state index in [0.29, 0.717) is 12.1 Å². The Balaban J connectivity index is 2.26. The highest BCUT2D eigenvalue weighted by atomic mass is 35.5. The monoisotopic (exact) mass is 452 g/mol. The fourth-order valence-electron chi connectivity index (χ4n) is 2.88. The molecule has 0 saturated carbocycles. The molecule has 0 bridgehead atoms. The number of aryl methyl sites for hydroxylation is 1. The van der Waals surface area contributed by atoms with Gasteiger partial charge in [-0.3, -0.25) is 0 Å². The summed E-state index contributed by atoms with van der Waals surface area (Å²) in [6, 6.07) is 11.3. The van der Waals surface area contributed by atoms with Crippen molar-refractivity contribution >= 4 is 27.8 Å². The molecule has 0 aliphatic heterocycles. The highest BCUT2D eigenvalue weighted by Gasteiger charge is 2.24. The Morgan fingerprint density at radius 1 is 1.17 bits per heavy atom. The number of carbonyl (C=O) groups is 1. The average molecular weight is 453 g/mol. The lowest BCUT2D eigenvalue weighted by Gasteiger charge is -2.31. The minimum absolute atomic E-state index is 0.0496. The number of benzene rings is 2. The van der Waals surface area contributed by atoms with E-state index in [9.17, 15) is 13.2 Å². The van der Waals surface area contributed by atoms with Gasteiger partial charge in [0.2, 0.25) is 0 Å². The molecule has 2 rings (SSSR count). The second-order valence-electron chi connectivity index (χ2n) is 8.47. The molecule has 0 spiro atoms. The number of rotatable bonds is 6. The molecule has 30 heavy (non-hydrogen) atoms. The molecular formula is C22H29ClN2O4S. The van der Waals surface area contributed by atoms with Gasteiger partial charge in [0, 0.05) is 18.1 Å². The van der Waals surface area contributed by atoms with Crippen LogP contribution in [0.15, 0.2) is 47.4 Å². The van der Waals surface area contributed by atoms with E-state index in [2.05, 4.69) is 5.32 Å². The van der Waals surface area contributed by atoms with E-state index >= 15 is 0 Å². The van der Waals surface area contributed by atoms with Crippen LogP contribution in [0.1, 0.15) is 45.7 Å². The van der Waals surface area contributed by atoms with Crippen molar-refractivity contribution in [1.82, 2.24) is 10.2 Å². The number of urea groups is 1. The van der Waals surface area contributed by atoms with E-state index < -0.39 is 10.1 Å². The largest absolute Gasteiger partial charge is 0.379 e. The smallest absolute Gasteiger partial charge is 0.340 e. The maximum Gasteiger partial charge on any atom is 0.340 e. The summed E-state index contributed by atoms with van der Waals surface area (Å²) in [6.45, 7) is 11.6. The summed E-state index contributed by atoms with van der Waals surface area (Å²) in [6.07, 6.45) is 0. The summed E-state index contributed by atoms with van der Waals surface area (Å²) in [4.78, 5) is 14.3. The molecule has 0 aliphatic rings. The zero-order valence-electron chi connectivity index (χ0n) is 18.2. The number of carbonyl (C=O) groups excluding carboxylic acids is 1. The van der Waals surface area contributed by atoms with Crippen LogP contribution in [0.3, 0.4) is 0 Å². The van der Waals surface area contributed by atoms with E-state index in [4.69, 9.17) is 15.8 Å². The predicted octanol–water partition coefficient (Wildman–Crippen LogP) is 5.13. The molecule has 164 valence electrons. The third-order valence-corrected chi connectivity index (χ3v) is 6.12. The first-order chi connectivity index (χ1) is 13.8. The third kappa shape index (κ3) is 6.37. The number of amides is 2. The Hall–Kier alpha value is -2.25. The standard InChI is InChI=1S/C22H29ClN2O4S/c1-15(2)25(21(26)24-22(4,5)6)14-17-10-8-11-18(13-17)29-30(27,28)20-16(3)9-7-12-19(20)23/h7-13,15H,14H2,1-6H3,(H,24,26). The van der Waals surface area contributed by atoms with Crippen molar-refractivity contribution in [3.05, 3.63) is 58.6 Å². The molecule has 0 aliphatic carbocycles. The van der Waals surface area contributed by atoms with Crippen LogP contribution >= 0.6 is 11.6 Å². The van der Waals surface area contributed by atoms with Gasteiger partial charge in [-0.2, -0.15) is 8.42 Å². The number of nitrogens with zero attached hydrogens (tertiary/aromatic N) is 1. The first kappa shape index (κ1) is 24.0. The van der Waals surface area contributed by atoms with Crippen LogP contribution in [0.5, 0.6) is 5.75 Å². The lowest BCUT2D eigenvalue weighted by Crippen LogP contribution is -2.50. The minimum atomic E-state index is -4.10. The first-order valence-corrected chi connectivity index (χ1v) is 11.5. The van der Waals surface area contributed by atoms with E-state index in [0.717, 1.165) is 5.56 Å². The Kier molecular flexibility index (Phi) is 7.42. The fraction of sp³-hybridized carbons (Fsp3) is 0.409. The van der Waals surface area contributed by atoms with Gasteiger partial charge in [0.25, 0.3) is 0 Å². The second-order valence-corrected chi connectivity index (χ2v) is 10.4. The Bertz CT molecular complexity index is 994. The zero-order chi connectivity index (χ0) is 22.7. The quantitative estimate of drug-likeness (QED) is 0.616. The lowest BCUT2D eigenvalue weighted by atomic mass is 10.1. The van der Waals surface area contributed by atoms with Crippen molar-refractivity contribution in [2.24, 2.45) is 0 Å². The predicted molar refractivity (Wildman–Crippen MR) is 119 cm³/mol. The van der Waals surface area contributed by atoms with Gasteiger partial charge < -0.3 is 14.4 Å². The second kappa shape index (κ2) is 9.27. The zero-order valence-corrected chi connectivity index (χ0v) is 19.8. The van der Waals surface area contributed by atoms with Crippen LogP contribution < -0.4 is 9.50 Å². The van der Waals surface area contributed by atoms with Crippen LogP contribution in [-0.2, 0) is 16.7 Å². The minimum Gasteiger partial charge on any atom is -0.379 e. The Morgan fingerprint density at radius 2 is 1.80 bits per heavy atom. The average Bonchev–Trinajstić information content (AvgIpc) is 2.57. The van der Waals surface area contributed by atoms with E-state index in [-0.39, 0.29) is 33.3 Å². The first-order valence-electron chi connectivity index (χ1n) is 9.67. The molecular weight excluding hydrogens is 424 g/mol. The summed E-state index contributed by atoms with van der Waals surface area (Å²) in [5, 5.41) is 3.06. The summed E-state index contributed by atoms with van der Waals surface area (Å²) in [7, 11) is -4.10. The van der Waals surface area contributed by atoms with Gasteiger partial charge in [-0.15, -0.1) is 0 Å². The maximum absolute atomic E-state index is 12.8. The van der Waals surface area contributed by atoms with Gasteiger partial charge in [-0.1, -0.05) is 35.9 Å². The number of hydrogen-bond donors (Lipinski definition) is 1. The molecule has 6 nitrogen and oxygen atoms in total. The topological polar surface area (TPSA) is 75.7 Å². The molecule has 0 unspecified atom stereocenters. The number of nitrogens with one attached hydrogen (secondary N) is 1. The Morgan fingerprint density at radius 3 is 2.37 bits per heavy atom. The number of hydrogen-bond acceptors (Lipinski definition) is 4. The number of halogens is 1. The van der Waals surface area contributed by atoms with Crippen molar-refractivity contribution in [2.45, 2.75) is 64.6 Å². The van der Waals surface area contributed by atoms with Crippen LogP contribution in [-0.4, -0.2) is 30.9 Å². The van der Waals surface area contributed by atoms with Crippen LogP contribution in [0.2, 0.25) is 5.02 Å². The lowest BCUT2D eigenvalue weighted by molar-refractivity contribution is 0.171. The van der Waals surface area contributed by atoms with Crippen LogP contribution in [0.25, 0.3) is 0 Å². The molecule has 0 fully saturated rings. The van der Waals surface area contributed by atoms with Gasteiger partial charge >= 0.3 is 16.1 Å². The molecule has 0 saturated heterocycles. The van der Waals surface area contributed by atoms with Crippen molar-refractivity contribution in [3.8, 4) is 5.75 Å². The molecule has 0 aromatic heterocycles. The van der Waals surface area contributed by atoms with Gasteiger partial charge in [0.05, 0.1) is 5.02 Å². The molecule has 0 heterocycles. The van der Waals surface area contributed by atoms with Gasteiger partial charge in [-0.05, 0) is 70.9 Å². The molecule has 8 heteroatoms. The van der Waals surface area contributed by atoms with Crippen molar-refractivity contribution in [1.29, 1.82) is 0 Å². The Labute approximate surface area is 184 Å². The van der Waals surface area contributed by atoms with Crippen molar-refractivity contribution < 1.29 is 17.4 Å². The van der Waals surface area contributed by atoms with Crippen molar-refractivity contribution in [2.75, 3.05) is 0 Å². The van der Waals surface area contributed by atoms with E-state index in [1.165, 1.54) is 6.07 Å².